The van der Waals surface area contributed by atoms with E-state index in [1.54, 1.807) is 0 Å². The number of rotatable bonds is 7. The zero-order valence-corrected chi connectivity index (χ0v) is 14.8. The van der Waals surface area contributed by atoms with Crippen molar-refractivity contribution < 1.29 is 0 Å². The Hall–Kier alpha value is -2.88. The van der Waals surface area contributed by atoms with E-state index in [2.05, 4.69) is 70.0 Å². The molecule has 3 rings (SSSR count). The summed E-state index contributed by atoms with van der Waals surface area (Å²) in [6.45, 7) is 4.97. The van der Waals surface area contributed by atoms with E-state index in [1.165, 1.54) is 11.1 Å². The van der Waals surface area contributed by atoms with E-state index in [0.29, 0.717) is 5.95 Å². The number of para-hydroxylation sites is 1. The van der Waals surface area contributed by atoms with Crippen LogP contribution in [0, 0.1) is 6.92 Å². The van der Waals surface area contributed by atoms with Gasteiger partial charge >= 0.3 is 0 Å². The van der Waals surface area contributed by atoms with E-state index >= 15 is 0 Å². The van der Waals surface area contributed by atoms with Crippen LogP contribution in [0.2, 0.25) is 0 Å². The van der Waals surface area contributed by atoms with Crippen molar-refractivity contribution in [3.05, 3.63) is 77.5 Å². The van der Waals surface area contributed by atoms with Crippen molar-refractivity contribution in [3.8, 4) is 0 Å². The highest BCUT2D eigenvalue weighted by atomic mass is 15.1. The number of nitrogens with zero attached hydrogens (tertiary/aromatic N) is 2. The zero-order valence-electron chi connectivity index (χ0n) is 14.8. The van der Waals surface area contributed by atoms with Gasteiger partial charge in [-0.3, -0.25) is 0 Å². The van der Waals surface area contributed by atoms with Crippen LogP contribution in [-0.2, 0) is 12.8 Å². The molecule has 0 amide bonds. The third-order valence-electron chi connectivity index (χ3n) is 4.06. The molecule has 0 aliphatic rings. The van der Waals surface area contributed by atoms with E-state index in [1.807, 2.05) is 25.1 Å². The minimum atomic E-state index is 0.628. The Morgan fingerprint density at radius 3 is 2.48 bits per heavy atom. The Balaban J connectivity index is 1.68. The van der Waals surface area contributed by atoms with Gasteiger partial charge in [-0.05, 0) is 37.0 Å². The second-order valence-electron chi connectivity index (χ2n) is 6.02. The number of benzene rings is 2. The first-order valence-corrected chi connectivity index (χ1v) is 8.73. The average Bonchev–Trinajstić information content (AvgIpc) is 2.63. The van der Waals surface area contributed by atoms with Gasteiger partial charge in [0.25, 0.3) is 0 Å². The fourth-order valence-corrected chi connectivity index (χ4v) is 2.77. The van der Waals surface area contributed by atoms with Crippen LogP contribution >= 0.6 is 0 Å². The summed E-state index contributed by atoms with van der Waals surface area (Å²) in [4.78, 5) is 9.11. The standard InChI is InChI=1S/C21H24N4/c1-3-18-11-7-8-12-19(18)24-21-23-16(2)15-20(25-21)22-14-13-17-9-5-4-6-10-17/h4-12,15H,3,13-14H2,1-2H3,(H2,22,23,24,25). The first-order valence-electron chi connectivity index (χ1n) is 8.73. The second-order valence-corrected chi connectivity index (χ2v) is 6.02. The third kappa shape index (κ3) is 4.80. The Kier molecular flexibility index (Phi) is 5.62. The quantitative estimate of drug-likeness (QED) is 0.656. The molecule has 4 heteroatoms. The largest absolute Gasteiger partial charge is 0.370 e. The summed E-state index contributed by atoms with van der Waals surface area (Å²) in [5, 5.41) is 6.75. The van der Waals surface area contributed by atoms with Crippen LogP contribution in [0.3, 0.4) is 0 Å². The molecule has 0 aliphatic heterocycles. The van der Waals surface area contributed by atoms with Gasteiger partial charge in [0.15, 0.2) is 0 Å². The average molecular weight is 332 g/mol. The van der Waals surface area contributed by atoms with Gasteiger partial charge < -0.3 is 10.6 Å². The number of hydrogen-bond acceptors (Lipinski definition) is 4. The van der Waals surface area contributed by atoms with Crippen molar-refractivity contribution in [2.75, 3.05) is 17.2 Å². The van der Waals surface area contributed by atoms with E-state index < -0.39 is 0 Å². The lowest BCUT2D eigenvalue weighted by atomic mass is 10.1. The van der Waals surface area contributed by atoms with Crippen LogP contribution in [0.5, 0.6) is 0 Å². The molecule has 0 atom stereocenters. The van der Waals surface area contributed by atoms with E-state index in [4.69, 9.17) is 0 Å². The lowest BCUT2D eigenvalue weighted by molar-refractivity contribution is 0.994. The smallest absolute Gasteiger partial charge is 0.229 e. The van der Waals surface area contributed by atoms with Crippen LogP contribution in [0.1, 0.15) is 23.7 Å². The third-order valence-corrected chi connectivity index (χ3v) is 4.06. The predicted octanol–water partition coefficient (Wildman–Crippen LogP) is 4.75. The minimum absolute atomic E-state index is 0.628. The molecule has 0 aliphatic carbocycles. The van der Waals surface area contributed by atoms with Gasteiger partial charge in [0.05, 0.1) is 0 Å². The summed E-state index contributed by atoms with van der Waals surface area (Å²) >= 11 is 0. The van der Waals surface area contributed by atoms with Crippen molar-refractivity contribution >= 4 is 17.5 Å². The molecule has 3 aromatic rings. The Morgan fingerprint density at radius 1 is 0.920 bits per heavy atom. The molecule has 0 bridgehead atoms. The number of hydrogen-bond donors (Lipinski definition) is 2. The molecule has 4 nitrogen and oxygen atoms in total. The second kappa shape index (κ2) is 8.29. The maximum Gasteiger partial charge on any atom is 0.229 e. The molecule has 0 saturated heterocycles. The topological polar surface area (TPSA) is 49.8 Å². The highest BCUT2D eigenvalue weighted by molar-refractivity contribution is 5.59. The molecule has 128 valence electrons. The maximum absolute atomic E-state index is 4.60. The molecule has 0 spiro atoms. The fourth-order valence-electron chi connectivity index (χ4n) is 2.77. The molecular weight excluding hydrogens is 308 g/mol. The van der Waals surface area contributed by atoms with Crippen LogP contribution in [0.4, 0.5) is 17.5 Å². The van der Waals surface area contributed by atoms with Crippen molar-refractivity contribution in [1.29, 1.82) is 0 Å². The summed E-state index contributed by atoms with van der Waals surface area (Å²) in [7, 11) is 0. The predicted molar refractivity (Wildman–Crippen MR) is 105 cm³/mol. The fraction of sp³-hybridized carbons (Fsp3) is 0.238. The summed E-state index contributed by atoms with van der Waals surface area (Å²) in [6, 6.07) is 20.7. The highest BCUT2D eigenvalue weighted by Crippen LogP contribution is 2.20. The normalized spacial score (nSPS) is 10.5. The monoisotopic (exact) mass is 332 g/mol. The molecule has 2 aromatic carbocycles. The summed E-state index contributed by atoms with van der Waals surface area (Å²) in [6.07, 6.45) is 1.93. The molecule has 0 fully saturated rings. The number of anilines is 3. The maximum atomic E-state index is 4.60. The zero-order chi connectivity index (χ0) is 17.5. The summed E-state index contributed by atoms with van der Waals surface area (Å²) < 4.78 is 0. The lowest BCUT2D eigenvalue weighted by Crippen LogP contribution is -2.09. The van der Waals surface area contributed by atoms with Gasteiger partial charge in [0.2, 0.25) is 5.95 Å². The molecule has 0 saturated carbocycles. The van der Waals surface area contributed by atoms with Crippen molar-refractivity contribution in [3.63, 3.8) is 0 Å². The van der Waals surface area contributed by atoms with Crippen molar-refractivity contribution in [1.82, 2.24) is 9.97 Å². The van der Waals surface area contributed by atoms with Crippen molar-refractivity contribution in [2.45, 2.75) is 26.7 Å². The van der Waals surface area contributed by atoms with Crippen LogP contribution in [-0.4, -0.2) is 16.5 Å². The van der Waals surface area contributed by atoms with Crippen LogP contribution in [0.15, 0.2) is 60.7 Å². The minimum Gasteiger partial charge on any atom is -0.370 e. The van der Waals surface area contributed by atoms with E-state index in [9.17, 15) is 0 Å². The van der Waals surface area contributed by atoms with E-state index in [-0.39, 0.29) is 0 Å². The summed E-state index contributed by atoms with van der Waals surface area (Å²) in [5.74, 6) is 1.48. The van der Waals surface area contributed by atoms with Crippen LogP contribution < -0.4 is 10.6 Å². The highest BCUT2D eigenvalue weighted by Gasteiger charge is 2.05. The molecule has 2 N–H and O–H groups in total. The Labute approximate surface area is 149 Å². The first kappa shape index (κ1) is 17.0. The molecule has 1 heterocycles. The molecule has 1 aromatic heterocycles. The van der Waals surface area contributed by atoms with Gasteiger partial charge in [-0.1, -0.05) is 55.5 Å². The SMILES string of the molecule is CCc1ccccc1Nc1nc(C)cc(NCCc2ccccc2)n1. The first-order chi connectivity index (χ1) is 12.2. The number of nitrogens with one attached hydrogen (secondary N) is 2. The van der Waals surface area contributed by atoms with Gasteiger partial charge in [-0.15, -0.1) is 0 Å². The van der Waals surface area contributed by atoms with E-state index in [0.717, 1.165) is 36.6 Å². The van der Waals surface area contributed by atoms with Gasteiger partial charge in [-0.2, -0.15) is 4.98 Å². The Morgan fingerprint density at radius 2 is 1.68 bits per heavy atom. The molecular formula is C21H24N4. The number of aryl methyl sites for hydroxylation is 2. The summed E-state index contributed by atoms with van der Waals surface area (Å²) in [5.41, 5.74) is 4.57. The Bertz CT molecular complexity index is 815. The van der Waals surface area contributed by atoms with Crippen LogP contribution in [0.25, 0.3) is 0 Å². The number of aromatic nitrogens is 2. The molecule has 0 unspecified atom stereocenters. The van der Waals surface area contributed by atoms with Gasteiger partial charge in [0.1, 0.15) is 5.82 Å². The van der Waals surface area contributed by atoms with Crippen molar-refractivity contribution in [2.24, 2.45) is 0 Å². The lowest BCUT2D eigenvalue weighted by Gasteiger charge is -2.12. The van der Waals surface area contributed by atoms with Gasteiger partial charge in [0, 0.05) is 24.0 Å². The molecule has 25 heavy (non-hydrogen) atoms. The molecule has 0 radical (unpaired) electrons. The van der Waals surface area contributed by atoms with Gasteiger partial charge in [-0.25, -0.2) is 4.98 Å².